The van der Waals surface area contributed by atoms with Crippen molar-refractivity contribution in [3.63, 3.8) is 0 Å². The van der Waals surface area contributed by atoms with E-state index >= 15 is 0 Å². The minimum absolute atomic E-state index is 0.113. The summed E-state index contributed by atoms with van der Waals surface area (Å²) in [4.78, 5) is 2.37. The summed E-state index contributed by atoms with van der Waals surface area (Å²) in [7, 11) is 0. The number of hydrogen-bond acceptors (Lipinski definition) is 3. The van der Waals surface area contributed by atoms with Crippen LogP contribution < -0.4 is 4.90 Å². The van der Waals surface area contributed by atoms with Crippen LogP contribution in [0.2, 0.25) is 0 Å². The highest BCUT2D eigenvalue weighted by Gasteiger charge is 2.40. The van der Waals surface area contributed by atoms with Gasteiger partial charge in [0.1, 0.15) is 0 Å². The molecular formula is C46H34N4. The van der Waals surface area contributed by atoms with Crippen molar-refractivity contribution < 1.29 is 0 Å². The maximum absolute atomic E-state index is 10.8. The second kappa shape index (κ2) is 11.7. The summed E-state index contributed by atoms with van der Waals surface area (Å²) in [5.74, 6) is 0.134. The number of benzene rings is 4. The maximum atomic E-state index is 10.8. The van der Waals surface area contributed by atoms with Gasteiger partial charge in [0.15, 0.2) is 0 Å². The highest BCUT2D eigenvalue weighted by Crippen LogP contribution is 2.50. The number of para-hydroxylation sites is 2. The maximum Gasteiger partial charge on any atom is 0.0995 e. The van der Waals surface area contributed by atoms with Gasteiger partial charge in [-0.3, -0.25) is 0 Å². The smallest absolute Gasteiger partial charge is 0.0995 e. The minimum atomic E-state index is -0.746. The molecule has 4 nitrogen and oxygen atoms in total. The third kappa shape index (κ3) is 4.43. The van der Waals surface area contributed by atoms with E-state index in [4.69, 9.17) is 0 Å². The molecule has 4 heteroatoms. The van der Waals surface area contributed by atoms with Gasteiger partial charge in [-0.1, -0.05) is 115 Å². The molecule has 3 aliphatic carbocycles. The SMILES string of the molecule is CC1(C#N)CC=CC(C2=CC=CCC=C2c2ccc(N3c4cccc(C#N)c4C4C=CC=CC43)cc2)=C1n1c2ccccc2c2ccccc21. The van der Waals surface area contributed by atoms with Gasteiger partial charge in [0.2, 0.25) is 0 Å². The van der Waals surface area contributed by atoms with Crippen molar-refractivity contribution in [3.8, 4) is 12.1 Å². The van der Waals surface area contributed by atoms with Gasteiger partial charge in [0.25, 0.3) is 0 Å². The molecule has 0 spiro atoms. The molecule has 50 heavy (non-hydrogen) atoms. The Morgan fingerprint density at radius 2 is 1.50 bits per heavy atom. The first-order valence-electron chi connectivity index (χ1n) is 17.3. The van der Waals surface area contributed by atoms with Crippen LogP contribution in [-0.4, -0.2) is 10.6 Å². The first-order chi connectivity index (χ1) is 24.6. The number of allylic oxidation sites excluding steroid dienone is 12. The summed E-state index contributed by atoms with van der Waals surface area (Å²) >= 11 is 0. The zero-order chi connectivity index (χ0) is 33.8. The van der Waals surface area contributed by atoms with Crippen molar-refractivity contribution >= 4 is 44.5 Å². The van der Waals surface area contributed by atoms with Crippen LogP contribution in [0.4, 0.5) is 11.4 Å². The Labute approximate surface area is 292 Å². The third-order valence-electron chi connectivity index (χ3n) is 10.7. The van der Waals surface area contributed by atoms with Gasteiger partial charge in [0, 0.05) is 39.2 Å². The quantitative estimate of drug-likeness (QED) is 0.196. The predicted octanol–water partition coefficient (Wildman–Crippen LogP) is 11.1. The molecule has 0 radical (unpaired) electrons. The molecule has 1 aliphatic heterocycles. The van der Waals surface area contributed by atoms with Crippen LogP contribution in [0, 0.1) is 28.1 Å². The predicted molar refractivity (Wildman–Crippen MR) is 205 cm³/mol. The lowest BCUT2D eigenvalue weighted by Gasteiger charge is -2.33. The fourth-order valence-electron chi connectivity index (χ4n) is 8.46. The molecule has 4 aromatic carbocycles. The summed E-state index contributed by atoms with van der Waals surface area (Å²) in [6.45, 7) is 2.08. The molecule has 0 N–H and O–H groups in total. The molecule has 3 atom stereocenters. The van der Waals surface area contributed by atoms with Crippen LogP contribution in [-0.2, 0) is 0 Å². The molecule has 0 amide bonds. The largest absolute Gasteiger partial charge is 0.333 e. The fourth-order valence-corrected chi connectivity index (χ4v) is 8.46. The molecule has 1 aromatic heterocycles. The lowest BCUT2D eigenvalue weighted by Crippen LogP contribution is -2.28. The Kier molecular flexibility index (Phi) is 6.94. The number of anilines is 2. The van der Waals surface area contributed by atoms with Gasteiger partial charge in [-0.15, -0.1) is 0 Å². The van der Waals surface area contributed by atoms with E-state index in [-0.39, 0.29) is 12.0 Å². The number of rotatable bonds is 4. The van der Waals surface area contributed by atoms with Gasteiger partial charge >= 0.3 is 0 Å². The first-order valence-corrected chi connectivity index (χ1v) is 17.3. The molecule has 0 saturated carbocycles. The van der Waals surface area contributed by atoms with Gasteiger partial charge in [-0.2, -0.15) is 10.5 Å². The highest BCUT2D eigenvalue weighted by atomic mass is 15.2. The number of fused-ring (bicyclic) bond motifs is 6. The monoisotopic (exact) mass is 642 g/mol. The molecule has 5 aromatic rings. The van der Waals surface area contributed by atoms with Crippen LogP contribution in [0.3, 0.4) is 0 Å². The Balaban J connectivity index is 1.19. The van der Waals surface area contributed by atoms with Gasteiger partial charge < -0.3 is 9.47 Å². The topological polar surface area (TPSA) is 55.8 Å². The van der Waals surface area contributed by atoms with Crippen molar-refractivity contribution in [2.24, 2.45) is 5.41 Å². The molecule has 4 aliphatic rings. The summed E-state index contributed by atoms with van der Waals surface area (Å²) in [6.07, 6.45) is 23.3. The molecule has 238 valence electrons. The molecule has 2 heterocycles. The summed E-state index contributed by atoms with van der Waals surface area (Å²) in [5.41, 5.74) is 10.9. The standard InChI is InChI=1S/C46H34N4/c1-46(30-48)28-12-19-38(45(46)50-40-20-8-5-16-36(40)37-17-6-9-21-41(37)50)35-15-4-2-3-14-34(35)31-24-26-33(27-25-31)49-42-22-10-7-18-39(42)44-32(29-47)13-11-23-43(44)49/h2,4-27,39,42H,3,28H2,1H3. The second-order valence-corrected chi connectivity index (χ2v) is 13.6. The second-order valence-electron chi connectivity index (χ2n) is 13.6. The van der Waals surface area contributed by atoms with Crippen LogP contribution in [0.25, 0.3) is 33.1 Å². The van der Waals surface area contributed by atoms with E-state index in [1.165, 1.54) is 10.8 Å². The third-order valence-corrected chi connectivity index (χ3v) is 10.7. The van der Waals surface area contributed by atoms with Crippen LogP contribution >= 0.6 is 0 Å². The summed E-state index contributed by atoms with van der Waals surface area (Å²) < 4.78 is 2.34. The molecular weight excluding hydrogens is 609 g/mol. The summed E-state index contributed by atoms with van der Waals surface area (Å²) in [5, 5.41) is 23.2. The highest BCUT2D eigenvalue weighted by molar-refractivity contribution is 6.11. The lowest BCUT2D eigenvalue weighted by molar-refractivity contribution is 0.568. The van der Waals surface area contributed by atoms with Crippen molar-refractivity contribution in [3.05, 3.63) is 180 Å². The average Bonchev–Trinajstić information content (AvgIpc) is 3.56. The zero-order valence-corrected chi connectivity index (χ0v) is 27.8. The Bertz CT molecular complexity index is 2480. The molecule has 0 bridgehead atoms. The molecule has 0 saturated heterocycles. The van der Waals surface area contributed by atoms with Crippen LogP contribution in [0.5, 0.6) is 0 Å². The van der Waals surface area contributed by atoms with E-state index in [0.29, 0.717) is 6.42 Å². The Morgan fingerprint density at radius 1 is 0.760 bits per heavy atom. The van der Waals surface area contributed by atoms with Crippen LogP contribution in [0.1, 0.15) is 42.4 Å². The van der Waals surface area contributed by atoms with E-state index < -0.39 is 5.41 Å². The molecule has 3 unspecified atom stereocenters. The fraction of sp³-hybridized carbons (Fsp3) is 0.130. The Hall–Kier alpha value is -6.36. The van der Waals surface area contributed by atoms with Gasteiger partial charge in [-0.25, -0.2) is 0 Å². The van der Waals surface area contributed by atoms with E-state index in [2.05, 4.69) is 168 Å². The van der Waals surface area contributed by atoms with Crippen molar-refractivity contribution in [2.45, 2.75) is 31.7 Å². The molecule has 0 fully saturated rings. The molecule has 9 rings (SSSR count). The average molecular weight is 643 g/mol. The van der Waals surface area contributed by atoms with Crippen molar-refractivity contribution in [1.82, 2.24) is 4.57 Å². The normalized spacial score (nSPS) is 22.2. The first kappa shape index (κ1) is 29.8. The van der Waals surface area contributed by atoms with Crippen molar-refractivity contribution in [2.75, 3.05) is 4.90 Å². The Morgan fingerprint density at radius 3 is 2.24 bits per heavy atom. The summed E-state index contributed by atoms with van der Waals surface area (Å²) in [6, 6.07) is 37.2. The van der Waals surface area contributed by atoms with E-state index in [1.54, 1.807) is 0 Å². The van der Waals surface area contributed by atoms with E-state index in [0.717, 1.165) is 67.9 Å². The number of nitrogens with zero attached hydrogens (tertiary/aromatic N) is 4. The van der Waals surface area contributed by atoms with E-state index in [9.17, 15) is 10.5 Å². The number of nitriles is 2. The van der Waals surface area contributed by atoms with E-state index in [1.807, 2.05) is 12.1 Å². The van der Waals surface area contributed by atoms with Crippen molar-refractivity contribution in [1.29, 1.82) is 10.5 Å². The van der Waals surface area contributed by atoms with Crippen LogP contribution in [0.15, 0.2) is 163 Å². The number of aromatic nitrogens is 1. The lowest BCUT2D eigenvalue weighted by atomic mass is 9.75. The zero-order valence-electron chi connectivity index (χ0n) is 27.8. The van der Waals surface area contributed by atoms with Gasteiger partial charge in [-0.05, 0) is 72.9 Å². The number of hydrogen-bond donors (Lipinski definition) is 0. The minimum Gasteiger partial charge on any atom is -0.333 e. The van der Waals surface area contributed by atoms with Gasteiger partial charge in [0.05, 0.1) is 45.9 Å².